The van der Waals surface area contributed by atoms with Gasteiger partial charge in [0.1, 0.15) is 0 Å². The largest absolute Gasteiger partial charge is 0.388 e. The van der Waals surface area contributed by atoms with Crippen LogP contribution in [0.4, 0.5) is 11.4 Å². The highest BCUT2D eigenvalue weighted by Gasteiger charge is 2.26. The Labute approximate surface area is 88.2 Å². The van der Waals surface area contributed by atoms with Crippen LogP contribution in [-0.4, -0.2) is 19.6 Å². The number of hydrogen-bond acceptors (Lipinski definition) is 4. The number of anilines is 2. The maximum absolute atomic E-state index is 11.6. The van der Waals surface area contributed by atoms with Crippen LogP contribution in [0.5, 0.6) is 0 Å². The lowest BCUT2D eigenvalue weighted by Gasteiger charge is -2.16. The fourth-order valence-corrected chi connectivity index (χ4v) is 1.80. The summed E-state index contributed by atoms with van der Waals surface area (Å²) in [5, 5.41) is 3.05. The Hall–Kier alpha value is -1.59. The Bertz CT molecular complexity index is 391. The van der Waals surface area contributed by atoms with E-state index in [0.29, 0.717) is 13.1 Å². The maximum Gasteiger partial charge on any atom is 0.232 e. The minimum Gasteiger partial charge on any atom is -0.388 e. The van der Waals surface area contributed by atoms with Gasteiger partial charge in [-0.2, -0.15) is 0 Å². The Kier molecular flexibility index (Phi) is 2.57. The number of nitrogens with zero attached hydrogens (tertiary/aromatic N) is 1. The van der Waals surface area contributed by atoms with Crippen LogP contribution in [0.15, 0.2) is 18.2 Å². The molecule has 80 valence electrons. The van der Waals surface area contributed by atoms with Gasteiger partial charge in [-0.25, -0.2) is 5.43 Å². The summed E-state index contributed by atoms with van der Waals surface area (Å²) in [6, 6.07) is 5.87. The third-order valence-corrected chi connectivity index (χ3v) is 2.55. The van der Waals surface area contributed by atoms with Gasteiger partial charge in [-0.3, -0.25) is 15.5 Å². The number of nitrogens with one attached hydrogen (secondary N) is 2. The number of rotatable bonds is 3. The summed E-state index contributed by atoms with van der Waals surface area (Å²) in [5.74, 6) is 5.31. The van der Waals surface area contributed by atoms with Crippen molar-refractivity contribution in [1.29, 1.82) is 0 Å². The van der Waals surface area contributed by atoms with Crippen molar-refractivity contribution in [3.8, 4) is 0 Å². The van der Waals surface area contributed by atoms with Crippen molar-refractivity contribution in [3.63, 3.8) is 0 Å². The number of nitrogens with two attached hydrogens (primary N) is 1. The van der Waals surface area contributed by atoms with Crippen molar-refractivity contribution >= 4 is 17.3 Å². The molecule has 1 aliphatic heterocycles. The molecule has 1 aromatic rings. The zero-order valence-electron chi connectivity index (χ0n) is 8.58. The van der Waals surface area contributed by atoms with Crippen molar-refractivity contribution in [2.24, 2.45) is 5.84 Å². The van der Waals surface area contributed by atoms with Crippen LogP contribution >= 0.6 is 0 Å². The zero-order chi connectivity index (χ0) is 10.8. The van der Waals surface area contributed by atoms with Crippen molar-refractivity contribution in [1.82, 2.24) is 5.43 Å². The number of carbonyl (C=O) groups excluding carboxylic acids is 1. The summed E-state index contributed by atoms with van der Waals surface area (Å²) in [7, 11) is 1.86. The Morgan fingerprint density at radius 2 is 2.33 bits per heavy atom. The third-order valence-electron chi connectivity index (χ3n) is 2.55. The molecule has 5 heteroatoms. The van der Waals surface area contributed by atoms with Gasteiger partial charge in [-0.1, -0.05) is 0 Å². The van der Waals surface area contributed by atoms with Crippen LogP contribution in [0.3, 0.4) is 0 Å². The van der Waals surface area contributed by atoms with E-state index in [0.717, 1.165) is 16.9 Å². The van der Waals surface area contributed by atoms with Crippen LogP contribution in [0.2, 0.25) is 0 Å². The molecule has 15 heavy (non-hydrogen) atoms. The van der Waals surface area contributed by atoms with Gasteiger partial charge < -0.3 is 5.32 Å². The van der Waals surface area contributed by atoms with Crippen molar-refractivity contribution in [3.05, 3.63) is 23.8 Å². The molecule has 0 aromatic heterocycles. The first-order chi connectivity index (χ1) is 7.26. The van der Waals surface area contributed by atoms with Gasteiger partial charge in [-0.15, -0.1) is 0 Å². The van der Waals surface area contributed by atoms with E-state index in [1.807, 2.05) is 25.2 Å². The summed E-state index contributed by atoms with van der Waals surface area (Å²) >= 11 is 0. The molecule has 0 radical (unpaired) electrons. The average molecular weight is 206 g/mol. The Balaban J connectivity index is 2.34. The number of fused-ring (bicyclic) bond motifs is 1. The second-order valence-electron chi connectivity index (χ2n) is 3.45. The van der Waals surface area contributed by atoms with Crippen molar-refractivity contribution in [2.45, 2.75) is 6.42 Å². The molecule has 0 saturated heterocycles. The fraction of sp³-hybridized carbons (Fsp3) is 0.300. The predicted molar refractivity (Wildman–Crippen MR) is 59.4 cm³/mol. The molecule has 0 atom stereocenters. The van der Waals surface area contributed by atoms with E-state index in [1.165, 1.54) is 0 Å². The van der Waals surface area contributed by atoms with Gasteiger partial charge in [0.2, 0.25) is 5.91 Å². The molecular weight excluding hydrogens is 192 g/mol. The maximum atomic E-state index is 11.6. The van der Waals surface area contributed by atoms with E-state index in [2.05, 4.69) is 10.7 Å². The molecule has 0 saturated carbocycles. The standard InChI is InChI=1S/C10H14N4O/c1-12-8-2-3-9-7(4-8)5-10(15)14(9)6-13-11/h2-4,12-13H,5-6,11H2,1H3. The summed E-state index contributed by atoms with van der Waals surface area (Å²) < 4.78 is 0. The van der Waals surface area contributed by atoms with Crippen molar-refractivity contribution < 1.29 is 4.79 Å². The van der Waals surface area contributed by atoms with Crippen LogP contribution < -0.4 is 21.5 Å². The number of benzene rings is 1. The molecule has 0 unspecified atom stereocenters. The molecule has 2 rings (SSSR count). The van der Waals surface area contributed by atoms with Gasteiger partial charge in [0.25, 0.3) is 0 Å². The summed E-state index contributed by atoms with van der Waals surface area (Å²) in [5.41, 5.74) is 5.50. The highest BCUT2D eigenvalue weighted by Crippen LogP contribution is 2.30. The third kappa shape index (κ3) is 1.67. The minimum atomic E-state index is 0.0798. The molecule has 1 aliphatic rings. The van der Waals surface area contributed by atoms with E-state index in [9.17, 15) is 4.79 Å². The highest BCUT2D eigenvalue weighted by atomic mass is 16.2. The van der Waals surface area contributed by atoms with Crippen LogP contribution in [0.25, 0.3) is 0 Å². The highest BCUT2D eigenvalue weighted by molar-refractivity contribution is 6.01. The summed E-state index contributed by atoms with van der Waals surface area (Å²) in [6.45, 7) is 0.352. The number of hydrazine groups is 1. The molecule has 0 bridgehead atoms. The molecular formula is C10H14N4O. The topological polar surface area (TPSA) is 70.4 Å². The molecule has 1 aromatic carbocycles. The van der Waals surface area contributed by atoms with Gasteiger partial charge in [-0.05, 0) is 23.8 Å². The van der Waals surface area contributed by atoms with Gasteiger partial charge in [0.05, 0.1) is 13.1 Å². The molecule has 0 fully saturated rings. The van der Waals surface area contributed by atoms with Crippen LogP contribution in [0, 0.1) is 0 Å². The molecule has 0 spiro atoms. The fourth-order valence-electron chi connectivity index (χ4n) is 1.80. The van der Waals surface area contributed by atoms with Gasteiger partial charge in [0, 0.05) is 18.4 Å². The first kappa shape index (κ1) is 9.95. The molecule has 5 nitrogen and oxygen atoms in total. The number of amides is 1. The molecule has 1 heterocycles. The number of hydrogen-bond donors (Lipinski definition) is 3. The summed E-state index contributed by atoms with van der Waals surface area (Å²) in [6.07, 6.45) is 0.451. The molecule has 4 N–H and O–H groups in total. The SMILES string of the molecule is CNc1ccc2c(c1)CC(=O)N2CNN. The van der Waals surface area contributed by atoms with E-state index in [-0.39, 0.29) is 5.91 Å². The zero-order valence-corrected chi connectivity index (χ0v) is 8.58. The lowest BCUT2D eigenvalue weighted by Crippen LogP contribution is -2.39. The Morgan fingerprint density at radius 1 is 1.53 bits per heavy atom. The van der Waals surface area contributed by atoms with Crippen molar-refractivity contribution in [2.75, 3.05) is 23.9 Å². The molecule has 0 aliphatic carbocycles. The smallest absolute Gasteiger partial charge is 0.232 e. The first-order valence-electron chi connectivity index (χ1n) is 4.80. The lowest BCUT2D eigenvalue weighted by molar-refractivity contribution is -0.117. The quantitative estimate of drug-likeness (QED) is 0.482. The van der Waals surface area contributed by atoms with Gasteiger partial charge >= 0.3 is 0 Å². The van der Waals surface area contributed by atoms with Gasteiger partial charge in [0.15, 0.2) is 0 Å². The van der Waals surface area contributed by atoms with Crippen LogP contribution in [0.1, 0.15) is 5.56 Å². The second kappa shape index (κ2) is 3.88. The van der Waals surface area contributed by atoms with E-state index in [1.54, 1.807) is 4.90 Å². The summed E-state index contributed by atoms with van der Waals surface area (Å²) in [4.78, 5) is 13.3. The van der Waals surface area contributed by atoms with E-state index in [4.69, 9.17) is 5.84 Å². The normalized spacial score (nSPS) is 14.3. The lowest BCUT2D eigenvalue weighted by atomic mass is 10.1. The monoisotopic (exact) mass is 206 g/mol. The first-order valence-corrected chi connectivity index (χ1v) is 4.80. The Morgan fingerprint density at radius 3 is 3.00 bits per heavy atom. The van der Waals surface area contributed by atoms with Crippen LogP contribution in [-0.2, 0) is 11.2 Å². The average Bonchev–Trinajstić information content (AvgIpc) is 2.55. The minimum absolute atomic E-state index is 0.0798. The molecule has 1 amide bonds. The second-order valence-corrected chi connectivity index (χ2v) is 3.45. The predicted octanol–water partition coefficient (Wildman–Crippen LogP) is 0.0382. The van der Waals surface area contributed by atoms with E-state index >= 15 is 0 Å². The number of carbonyl (C=O) groups is 1. The van der Waals surface area contributed by atoms with E-state index < -0.39 is 0 Å².